The van der Waals surface area contributed by atoms with E-state index < -0.39 is 0 Å². The highest BCUT2D eigenvalue weighted by atomic mass is 32.1. The smallest absolute Gasteiger partial charge is 0.263 e. The molecule has 3 heterocycles. The number of thiazole rings is 1. The second kappa shape index (κ2) is 6.58. The number of aromatic nitrogens is 3. The second-order valence-electron chi connectivity index (χ2n) is 5.52. The summed E-state index contributed by atoms with van der Waals surface area (Å²) >= 11 is 1.41. The van der Waals surface area contributed by atoms with Crippen LogP contribution in [0.5, 0.6) is 0 Å². The molecule has 1 atom stereocenters. The van der Waals surface area contributed by atoms with Gasteiger partial charge in [-0.3, -0.25) is 9.48 Å². The van der Waals surface area contributed by atoms with Crippen molar-refractivity contribution in [2.75, 3.05) is 13.2 Å². The van der Waals surface area contributed by atoms with Gasteiger partial charge in [0, 0.05) is 32.0 Å². The van der Waals surface area contributed by atoms with Crippen LogP contribution in [0, 0.1) is 6.92 Å². The molecule has 0 spiro atoms. The average molecular weight is 320 g/mol. The number of nitrogens with one attached hydrogen (secondary N) is 1. The summed E-state index contributed by atoms with van der Waals surface area (Å²) in [5.41, 5.74) is 1.70. The number of rotatable bonds is 5. The predicted octanol–water partition coefficient (Wildman–Crippen LogP) is 2.15. The molecule has 1 unspecified atom stereocenters. The molecule has 7 heteroatoms. The third-order valence-electron chi connectivity index (χ3n) is 3.73. The number of carbonyl (C=O) groups is 1. The molecule has 1 fully saturated rings. The molecule has 1 N–H and O–H groups in total. The highest BCUT2D eigenvalue weighted by Crippen LogP contribution is 2.27. The lowest BCUT2D eigenvalue weighted by Crippen LogP contribution is -2.26. The first-order valence-corrected chi connectivity index (χ1v) is 8.31. The topological polar surface area (TPSA) is 69.0 Å². The molecule has 22 heavy (non-hydrogen) atoms. The van der Waals surface area contributed by atoms with Crippen LogP contribution in [0.25, 0.3) is 10.6 Å². The van der Waals surface area contributed by atoms with Crippen LogP contribution in [0.3, 0.4) is 0 Å². The summed E-state index contributed by atoms with van der Waals surface area (Å²) in [4.78, 5) is 17.4. The van der Waals surface area contributed by atoms with Crippen molar-refractivity contribution in [2.24, 2.45) is 7.05 Å². The van der Waals surface area contributed by atoms with Gasteiger partial charge in [0.2, 0.25) is 0 Å². The Morgan fingerprint density at radius 1 is 1.59 bits per heavy atom. The molecular weight excluding hydrogens is 300 g/mol. The van der Waals surface area contributed by atoms with Crippen LogP contribution in [0.15, 0.2) is 12.4 Å². The number of hydrogen-bond acceptors (Lipinski definition) is 5. The van der Waals surface area contributed by atoms with Crippen molar-refractivity contribution in [3.05, 3.63) is 23.0 Å². The molecule has 0 aliphatic carbocycles. The monoisotopic (exact) mass is 320 g/mol. The van der Waals surface area contributed by atoms with E-state index >= 15 is 0 Å². The Balaban J connectivity index is 1.61. The lowest BCUT2D eigenvalue weighted by Gasteiger charge is -2.09. The summed E-state index contributed by atoms with van der Waals surface area (Å²) in [5, 5.41) is 7.94. The minimum atomic E-state index is -0.0527. The zero-order chi connectivity index (χ0) is 15.5. The van der Waals surface area contributed by atoms with E-state index in [0.717, 1.165) is 42.1 Å². The van der Waals surface area contributed by atoms with Crippen LogP contribution in [0.1, 0.15) is 34.6 Å². The Morgan fingerprint density at radius 3 is 3.14 bits per heavy atom. The molecule has 0 saturated carbocycles. The zero-order valence-electron chi connectivity index (χ0n) is 12.8. The first-order chi connectivity index (χ1) is 10.6. The SMILES string of the molecule is Cc1nc(-c2cnn(C)c2)sc1C(=O)NCCC1CCCO1. The second-order valence-corrected chi connectivity index (χ2v) is 6.51. The van der Waals surface area contributed by atoms with E-state index in [4.69, 9.17) is 4.74 Å². The number of nitrogens with zero attached hydrogens (tertiary/aromatic N) is 3. The summed E-state index contributed by atoms with van der Waals surface area (Å²) in [7, 11) is 1.86. The van der Waals surface area contributed by atoms with Gasteiger partial charge in [0.05, 0.1) is 18.0 Å². The van der Waals surface area contributed by atoms with Crippen molar-refractivity contribution in [1.29, 1.82) is 0 Å². The Bertz CT molecular complexity index is 658. The van der Waals surface area contributed by atoms with E-state index in [0.29, 0.717) is 17.5 Å². The van der Waals surface area contributed by atoms with Gasteiger partial charge in [-0.05, 0) is 26.2 Å². The molecule has 118 valence electrons. The van der Waals surface area contributed by atoms with Crippen molar-refractivity contribution in [3.63, 3.8) is 0 Å². The normalized spacial score (nSPS) is 17.8. The van der Waals surface area contributed by atoms with Crippen LogP contribution in [-0.4, -0.2) is 39.9 Å². The van der Waals surface area contributed by atoms with E-state index in [-0.39, 0.29) is 5.91 Å². The van der Waals surface area contributed by atoms with Crippen LogP contribution >= 0.6 is 11.3 Å². The summed E-state index contributed by atoms with van der Waals surface area (Å²) in [5.74, 6) is -0.0527. The maximum Gasteiger partial charge on any atom is 0.263 e. The standard InChI is InChI=1S/C15H20N4O2S/c1-10-13(14(20)16-6-5-12-4-3-7-21-12)22-15(18-10)11-8-17-19(2)9-11/h8-9,12H,3-7H2,1-2H3,(H,16,20). The first kappa shape index (κ1) is 15.2. The van der Waals surface area contributed by atoms with Gasteiger partial charge in [0.25, 0.3) is 5.91 Å². The number of amides is 1. The van der Waals surface area contributed by atoms with E-state index in [1.54, 1.807) is 10.9 Å². The van der Waals surface area contributed by atoms with Crippen LogP contribution in [0.2, 0.25) is 0 Å². The lowest BCUT2D eigenvalue weighted by molar-refractivity contribution is 0.0910. The van der Waals surface area contributed by atoms with Gasteiger partial charge in [-0.1, -0.05) is 0 Å². The van der Waals surface area contributed by atoms with Gasteiger partial charge in [-0.2, -0.15) is 5.10 Å². The summed E-state index contributed by atoms with van der Waals surface area (Å²) in [6.07, 6.45) is 7.06. The Hall–Kier alpha value is -1.73. The molecule has 3 rings (SSSR count). The van der Waals surface area contributed by atoms with E-state index in [9.17, 15) is 4.79 Å². The fourth-order valence-corrected chi connectivity index (χ4v) is 3.52. The molecule has 1 saturated heterocycles. The highest BCUT2D eigenvalue weighted by Gasteiger charge is 2.18. The van der Waals surface area contributed by atoms with Crippen molar-refractivity contribution >= 4 is 17.2 Å². The minimum absolute atomic E-state index is 0.0527. The van der Waals surface area contributed by atoms with Gasteiger partial charge in [0.15, 0.2) is 0 Å². The van der Waals surface area contributed by atoms with Gasteiger partial charge in [-0.25, -0.2) is 4.98 Å². The van der Waals surface area contributed by atoms with Gasteiger partial charge >= 0.3 is 0 Å². The van der Waals surface area contributed by atoms with Crippen molar-refractivity contribution in [2.45, 2.75) is 32.3 Å². The van der Waals surface area contributed by atoms with E-state index in [1.165, 1.54) is 11.3 Å². The number of hydrogen-bond donors (Lipinski definition) is 1. The van der Waals surface area contributed by atoms with Gasteiger partial charge < -0.3 is 10.1 Å². The molecule has 1 aliphatic rings. The fraction of sp³-hybridized carbons (Fsp3) is 0.533. The molecule has 0 aromatic carbocycles. The molecule has 2 aromatic heterocycles. The van der Waals surface area contributed by atoms with E-state index in [1.807, 2.05) is 20.2 Å². The molecule has 0 radical (unpaired) electrons. The lowest BCUT2D eigenvalue weighted by atomic mass is 10.2. The molecule has 1 aliphatic heterocycles. The first-order valence-electron chi connectivity index (χ1n) is 7.49. The molecule has 6 nitrogen and oxygen atoms in total. The fourth-order valence-electron chi connectivity index (χ4n) is 2.56. The third kappa shape index (κ3) is 3.36. The molecule has 2 aromatic rings. The number of carbonyl (C=O) groups excluding carboxylic acids is 1. The van der Waals surface area contributed by atoms with Crippen LogP contribution in [-0.2, 0) is 11.8 Å². The zero-order valence-corrected chi connectivity index (χ0v) is 13.7. The van der Waals surface area contributed by atoms with Crippen molar-refractivity contribution in [3.8, 4) is 10.6 Å². The molecular formula is C15H20N4O2S. The highest BCUT2D eigenvalue weighted by molar-refractivity contribution is 7.17. The summed E-state index contributed by atoms with van der Waals surface area (Å²) in [6, 6.07) is 0. The number of aryl methyl sites for hydroxylation is 2. The molecule has 0 bridgehead atoms. The Morgan fingerprint density at radius 2 is 2.45 bits per heavy atom. The van der Waals surface area contributed by atoms with Gasteiger partial charge in [0.1, 0.15) is 9.88 Å². The summed E-state index contributed by atoms with van der Waals surface area (Å²) in [6.45, 7) is 3.36. The summed E-state index contributed by atoms with van der Waals surface area (Å²) < 4.78 is 7.29. The average Bonchev–Trinajstić information content (AvgIpc) is 3.19. The minimum Gasteiger partial charge on any atom is -0.378 e. The van der Waals surface area contributed by atoms with Gasteiger partial charge in [-0.15, -0.1) is 11.3 Å². The maximum atomic E-state index is 12.3. The Kier molecular flexibility index (Phi) is 4.54. The van der Waals surface area contributed by atoms with Crippen LogP contribution < -0.4 is 5.32 Å². The Labute approximate surface area is 133 Å². The maximum absolute atomic E-state index is 12.3. The number of ether oxygens (including phenoxy) is 1. The van der Waals surface area contributed by atoms with Crippen LogP contribution in [0.4, 0.5) is 0 Å². The van der Waals surface area contributed by atoms with E-state index in [2.05, 4.69) is 15.4 Å². The quantitative estimate of drug-likeness (QED) is 0.916. The predicted molar refractivity (Wildman–Crippen MR) is 85.0 cm³/mol. The third-order valence-corrected chi connectivity index (χ3v) is 4.94. The largest absolute Gasteiger partial charge is 0.378 e. The van der Waals surface area contributed by atoms with Crippen molar-refractivity contribution in [1.82, 2.24) is 20.1 Å². The molecule has 1 amide bonds. The van der Waals surface area contributed by atoms with Crippen molar-refractivity contribution < 1.29 is 9.53 Å².